The normalized spacial score (nSPS) is 20.6. The topological polar surface area (TPSA) is 47.7 Å². The van der Waals surface area contributed by atoms with Gasteiger partial charge in [-0.3, -0.25) is 4.90 Å². The van der Waals surface area contributed by atoms with Crippen molar-refractivity contribution in [3.8, 4) is 5.75 Å². The molecule has 1 atom stereocenters. The van der Waals surface area contributed by atoms with E-state index in [1.165, 1.54) is 5.56 Å². The van der Waals surface area contributed by atoms with Gasteiger partial charge in [0.2, 0.25) is 0 Å². The molecule has 0 bridgehead atoms. The summed E-state index contributed by atoms with van der Waals surface area (Å²) in [7, 11) is 1.67. The molecule has 112 valence electrons. The lowest BCUT2D eigenvalue weighted by Crippen LogP contribution is -2.50. The zero-order chi connectivity index (χ0) is 14.8. The predicted molar refractivity (Wildman–Crippen MR) is 84.1 cm³/mol. The van der Waals surface area contributed by atoms with Gasteiger partial charge in [-0.25, -0.2) is 0 Å². The molecule has 1 aromatic carbocycles. The zero-order valence-corrected chi connectivity index (χ0v) is 13.9. The predicted octanol–water partition coefficient (Wildman–Crippen LogP) is 2.57. The number of hydrogen-bond donors (Lipinski definition) is 1. The number of ether oxygens (including phenoxy) is 2. The van der Waals surface area contributed by atoms with Crippen LogP contribution in [0.4, 0.5) is 0 Å². The standard InChI is InChI=1S/C15H23BrN2O2/c1-15(2)10-18(6-7-20-15)13(9-17)11-4-5-14(19-3)12(16)8-11/h4-5,8,13H,6-7,9-10,17H2,1-3H3. The van der Waals surface area contributed by atoms with Crippen LogP contribution in [0.2, 0.25) is 0 Å². The molecule has 2 N–H and O–H groups in total. The maximum absolute atomic E-state index is 6.02. The maximum atomic E-state index is 6.02. The quantitative estimate of drug-likeness (QED) is 0.913. The van der Waals surface area contributed by atoms with E-state index in [2.05, 4.69) is 46.8 Å². The third-order valence-corrected chi connectivity index (χ3v) is 4.30. The highest BCUT2D eigenvalue weighted by Gasteiger charge is 2.31. The van der Waals surface area contributed by atoms with Crippen molar-refractivity contribution in [1.82, 2.24) is 4.90 Å². The molecule has 1 fully saturated rings. The van der Waals surface area contributed by atoms with E-state index in [-0.39, 0.29) is 11.6 Å². The highest BCUT2D eigenvalue weighted by molar-refractivity contribution is 9.10. The summed E-state index contributed by atoms with van der Waals surface area (Å²) in [5, 5.41) is 0. The lowest BCUT2D eigenvalue weighted by molar-refractivity contribution is -0.0967. The van der Waals surface area contributed by atoms with E-state index in [9.17, 15) is 0 Å². The number of morpholine rings is 1. The number of methoxy groups -OCH3 is 1. The molecule has 1 aliphatic heterocycles. The van der Waals surface area contributed by atoms with Crippen LogP contribution in [0.5, 0.6) is 5.75 Å². The highest BCUT2D eigenvalue weighted by atomic mass is 79.9. The van der Waals surface area contributed by atoms with Gasteiger partial charge < -0.3 is 15.2 Å². The van der Waals surface area contributed by atoms with Gasteiger partial charge in [-0.15, -0.1) is 0 Å². The first-order valence-corrected chi connectivity index (χ1v) is 7.67. The molecule has 0 aliphatic carbocycles. The fourth-order valence-corrected chi connectivity index (χ4v) is 3.26. The van der Waals surface area contributed by atoms with Gasteiger partial charge in [0.15, 0.2) is 0 Å². The summed E-state index contributed by atoms with van der Waals surface area (Å²) in [6.45, 7) is 7.39. The van der Waals surface area contributed by atoms with Gasteiger partial charge in [-0.05, 0) is 47.5 Å². The molecule has 5 heteroatoms. The van der Waals surface area contributed by atoms with E-state index < -0.39 is 0 Å². The molecule has 1 unspecified atom stereocenters. The van der Waals surface area contributed by atoms with Crippen LogP contribution in [0, 0.1) is 0 Å². The van der Waals surface area contributed by atoms with E-state index in [0.717, 1.165) is 29.9 Å². The van der Waals surface area contributed by atoms with Crippen molar-refractivity contribution >= 4 is 15.9 Å². The van der Waals surface area contributed by atoms with Crippen LogP contribution in [-0.4, -0.2) is 43.9 Å². The zero-order valence-electron chi connectivity index (χ0n) is 12.4. The summed E-state index contributed by atoms with van der Waals surface area (Å²) in [5.74, 6) is 0.840. The molecule has 2 rings (SSSR count). The van der Waals surface area contributed by atoms with Gasteiger partial charge in [-0.2, -0.15) is 0 Å². The Labute approximate surface area is 129 Å². The summed E-state index contributed by atoms with van der Waals surface area (Å²) in [4.78, 5) is 2.40. The monoisotopic (exact) mass is 342 g/mol. The number of hydrogen-bond acceptors (Lipinski definition) is 4. The summed E-state index contributed by atoms with van der Waals surface area (Å²) >= 11 is 3.54. The van der Waals surface area contributed by atoms with E-state index >= 15 is 0 Å². The minimum absolute atomic E-state index is 0.116. The molecular weight excluding hydrogens is 320 g/mol. The Bertz CT molecular complexity index is 465. The molecule has 1 aliphatic rings. The molecule has 0 radical (unpaired) electrons. The molecule has 0 spiro atoms. The van der Waals surface area contributed by atoms with Crippen LogP contribution >= 0.6 is 15.9 Å². The average molecular weight is 343 g/mol. The second-order valence-electron chi connectivity index (χ2n) is 5.72. The van der Waals surface area contributed by atoms with Crippen LogP contribution < -0.4 is 10.5 Å². The molecule has 1 heterocycles. The first-order chi connectivity index (χ1) is 9.46. The van der Waals surface area contributed by atoms with Gasteiger partial charge in [0.25, 0.3) is 0 Å². The Morgan fingerprint density at radius 2 is 2.25 bits per heavy atom. The first-order valence-electron chi connectivity index (χ1n) is 6.88. The van der Waals surface area contributed by atoms with Crippen molar-refractivity contribution in [1.29, 1.82) is 0 Å². The maximum Gasteiger partial charge on any atom is 0.133 e. The van der Waals surface area contributed by atoms with E-state index in [1.807, 2.05) is 6.07 Å². The molecule has 0 aromatic heterocycles. The molecule has 20 heavy (non-hydrogen) atoms. The summed E-state index contributed by atoms with van der Waals surface area (Å²) in [6, 6.07) is 6.37. The van der Waals surface area contributed by atoms with Crippen molar-refractivity contribution < 1.29 is 9.47 Å². The molecule has 1 aromatic rings. The summed E-state index contributed by atoms with van der Waals surface area (Å²) in [5.41, 5.74) is 7.11. The SMILES string of the molecule is COc1ccc(C(CN)N2CCOC(C)(C)C2)cc1Br. The number of benzene rings is 1. The Morgan fingerprint density at radius 3 is 2.80 bits per heavy atom. The van der Waals surface area contributed by atoms with E-state index in [1.54, 1.807) is 7.11 Å². The van der Waals surface area contributed by atoms with Crippen LogP contribution in [0.25, 0.3) is 0 Å². The summed E-state index contributed by atoms with van der Waals surface area (Å²) < 4.78 is 12.0. The van der Waals surface area contributed by atoms with Crippen molar-refractivity contribution in [2.75, 3.05) is 33.4 Å². The Morgan fingerprint density at radius 1 is 1.50 bits per heavy atom. The van der Waals surface area contributed by atoms with Crippen LogP contribution in [0.3, 0.4) is 0 Å². The van der Waals surface area contributed by atoms with E-state index in [4.69, 9.17) is 15.2 Å². The second-order valence-corrected chi connectivity index (χ2v) is 6.58. The Kier molecular flexibility index (Phi) is 5.07. The number of nitrogens with two attached hydrogens (primary N) is 1. The first kappa shape index (κ1) is 15.8. The highest BCUT2D eigenvalue weighted by Crippen LogP contribution is 2.31. The third-order valence-electron chi connectivity index (χ3n) is 3.68. The molecule has 4 nitrogen and oxygen atoms in total. The molecule has 0 saturated carbocycles. The minimum Gasteiger partial charge on any atom is -0.496 e. The van der Waals surface area contributed by atoms with Gasteiger partial charge >= 0.3 is 0 Å². The fourth-order valence-electron chi connectivity index (χ4n) is 2.70. The Hall–Kier alpha value is -0.620. The lowest BCUT2D eigenvalue weighted by atomic mass is 10.0. The minimum atomic E-state index is -0.116. The van der Waals surface area contributed by atoms with Crippen LogP contribution in [-0.2, 0) is 4.74 Å². The van der Waals surface area contributed by atoms with E-state index in [0.29, 0.717) is 6.54 Å². The smallest absolute Gasteiger partial charge is 0.133 e. The second kappa shape index (κ2) is 6.43. The number of nitrogens with zero attached hydrogens (tertiary/aromatic N) is 1. The largest absolute Gasteiger partial charge is 0.496 e. The van der Waals surface area contributed by atoms with Crippen molar-refractivity contribution in [3.63, 3.8) is 0 Å². The third kappa shape index (κ3) is 3.52. The molecule has 1 saturated heterocycles. The molecular formula is C15H23BrN2O2. The van der Waals surface area contributed by atoms with Crippen LogP contribution in [0.1, 0.15) is 25.5 Å². The lowest BCUT2D eigenvalue weighted by Gasteiger charge is -2.42. The van der Waals surface area contributed by atoms with Crippen LogP contribution in [0.15, 0.2) is 22.7 Å². The van der Waals surface area contributed by atoms with Crippen molar-refractivity contribution in [3.05, 3.63) is 28.2 Å². The van der Waals surface area contributed by atoms with Gasteiger partial charge in [-0.1, -0.05) is 6.07 Å². The Balaban J connectivity index is 2.21. The van der Waals surface area contributed by atoms with Crippen molar-refractivity contribution in [2.24, 2.45) is 5.73 Å². The van der Waals surface area contributed by atoms with Gasteiger partial charge in [0.1, 0.15) is 5.75 Å². The fraction of sp³-hybridized carbons (Fsp3) is 0.600. The molecule has 0 amide bonds. The van der Waals surface area contributed by atoms with Gasteiger partial charge in [0.05, 0.1) is 23.8 Å². The number of halogens is 1. The summed E-state index contributed by atoms with van der Waals surface area (Å²) in [6.07, 6.45) is 0. The number of rotatable bonds is 4. The van der Waals surface area contributed by atoms with Crippen molar-refractivity contribution in [2.45, 2.75) is 25.5 Å². The van der Waals surface area contributed by atoms with Gasteiger partial charge in [0, 0.05) is 25.7 Å². The average Bonchev–Trinajstić information content (AvgIpc) is 2.39.